The molecule has 0 heterocycles. The Morgan fingerprint density at radius 2 is 2.33 bits per heavy atom. The van der Waals surface area contributed by atoms with Gasteiger partial charge in [-0.2, -0.15) is 0 Å². The van der Waals surface area contributed by atoms with Crippen molar-refractivity contribution >= 4 is 0 Å². The molecule has 0 spiro atoms. The summed E-state index contributed by atoms with van der Waals surface area (Å²) >= 11 is 0. The number of allylic oxidation sites excluding steroid dienone is 2. The molecule has 0 saturated carbocycles. The van der Waals surface area contributed by atoms with Crippen molar-refractivity contribution in [3.8, 4) is 0 Å². The Kier molecular flexibility index (Phi) is 5.23. The van der Waals surface area contributed by atoms with Gasteiger partial charge in [0.1, 0.15) is 0 Å². The van der Waals surface area contributed by atoms with E-state index in [1.807, 2.05) is 6.08 Å². The van der Waals surface area contributed by atoms with E-state index < -0.39 is 0 Å². The first-order valence-corrected chi connectivity index (χ1v) is 3.33. The lowest BCUT2D eigenvalue weighted by Crippen LogP contribution is -2.22. The van der Waals surface area contributed by atoms with E-state index in [0.29, 0.717) is 6.04 Å². The molecule has 1 heteroatoms. The Hall–Kier alpha value is -0.560. The molecule has 9 heavy (non-hydrogen) atoms. The van der Waals surface area contributed by atoms with Crippen LogP contribution in [-0.4, -0.2) is 12.6 Å². The molecule has 1 N–H and O–H groups in total. The number of hydrogen-bond acceptors (Lipinski definition) is 1. The first-order valence-electron chi connectivity index (χ1n) is 3.33. The summed E-state index contributed by atoms with van der Waals surface area (Å²) in [5.74, 6) is 0. The van der Waals surface area contributed by atoms with Crippen LogP contribution in [0.15, 0.2) is 24.8 Å². The van der Waals surface area contributed by atoms with E-state index in [9.17, 15) is 0 Å². The van der Waals surface area contributed by atoms with Gasteiger partial charge in [-0.25, -0.2) is 0 Å². The molecule has 0 radical (unpaired) electrons. The SMILES string of the molecule is C=C/C=C\C(C)NCC. The van der Waals surface area contributed by atoms with E-state index in [0.717, 1.165) is 6.54 Å². The summed E-state index contributed by atoms with van der Waals surface area (Å²) in [6.45, 7) is 8.80. The molecular weight excluding hydrogens is 110 g/mol. The van der Waals surface area contributed by atoms with Crippen LogP contribution in [0.1, 0.15) is 13.8 Å². The fraction of sp³-hybridized carbons (Fsp3) is 0.500. The van der Waals surface area contributed by atoms with E-state index in [1.54, 1.807) is 6.08 Å². The fourth-order valence-corrected chi connectivity index (χ4v) is 0.635. The Bertz CT molecular complexity index is 94.7. The maximum Gasteiger partial charge on any atom is 0.0224 e. The fourth-order valence-electron chi connectivity index (χ4n) is 0.635. The predicted octanol–water partition coefficient (Wildman–Crippen LogP) is 1.73. The van der Waals surface area contributed by atoms with Gasteiger partial charge in [-0.05, 0) is 13.5 Å². The van der Waals surface area contributed by atoms with Gasteiger partial charge in [0.15, 0.2) is 0 Å². The topological polar surface area (TPSA) is 12.0 Å². The van der Waals surface area contributed by atoms with E-state index >= 15 is 0 Å². The second-order valence-electron chi connectivity index (χ2n) is 1.97. The normalized spacial score (nSPS) is 14.0. The van der Waals surface area contributed by atoms with Crippen molar-refractivity contribution in [3.05, 3.63) is 24.8 Å². The number of likely N-dealkylation sites (N-methyl/N-ethyl adjacent to an activating group) is 1. The summed E-state index contributed by atoms with van der Waals surface area (Å²) < 4.78 is 0. The zero-order chi connectivity index (χ0) is 7.11. The van der Waals surface area contributed by atoms with Gasteiger partial charge in [0, 0.05) is 6.04 Å². The van der Waals surface area contributed by atoms with E-state index in [2.05, 4.69) is 31.8 Å². The summed E-state index contributed by atoms with van der Waals surface area (Å²) in [5.41, 5.74) is 0. The van der Waals surface area contributed by atoms with Crippen LogP contribution < -0.4 is 5.32 Å². The molecule has 0 bridgehead atoms. The highest BCUT2D eigenvalue weighted by molar-refractivity contribution is 5.01. The molecule has 0 aromatic carbocycles. The second-order valence-corrected chi connectivity index (χ2v) is 1.97. The van der Waals surface area contributed by atoms with Crippen LogP contribution >= 0.6 is 0 Å². The van der Waals surface area contributed by atoms with Crippen LogP contribution in [0.3, 0.4) is 0 Å². The van der Waals surface area contributed by atoms with Gasteiger partial charge in [-0.1, -0.05) is 31.7 Å². The van der Waals surface area contributed by atoms with Gasteiger partial charge in [-0.3, -0.25) is 0 Å². The molecule has 0 saturated heterocycles. The zero-order valence-corrected chi connectivity index (χ0v) is 6.22. The summed E-state index contributed by atoms with van der Waals surface area (Å²) in [6, 6.07) is 0.466. The number of nitrogens with one attached hydrogen (secondary N) is 1. The minimum atomic E-state index is 0.466. The smallest absolute Gasteiger partial charge is 0.0224 e. The lowest BCUT2D eigenvalue weighted by atomic mass is 10.3. The minimum absolute atomic E-state index is 0.466. The van der Waals surface area contributed by atoms with Crippen LogP contribution in [0.2, 0.25) is 0 Å². The molecule has 0 aliphatic carbocycles. The second kappa shape index (κ2) is 5.57. The molecule has 0 aromatic heterocycles. The maximum atomic E-state index is 3.58. The number of hydrogen-bond donors (Lipinski definition) is 1. The third kappa shape index (κ3) is 5.31. The molecule has 0 rings (SSSR count). The standard InChI is InChI=1S/C8H15N/c1-4-6-7-8(3)9-5-2/h4,6-9H,1,5H2,2-3H3/b7-6-. The van der Waals surface area contributed by atoms with Crippen molar-refractivity contribution in [1.82, 2.24) is 5.32 Å². The van der Waals surface area contributed by atoms with Gasteiger partial charge < -0.3 is 5.32 Å². The maximum absolute atomic E-state index is 3.58. The van der Waals surface area contributed by atoms with Crippen molar-refractivity contribution in [1.29, 1.82) is 0 Å². The summed E-state index contributed by atoms with van der Waals surface area (Å²) in [4.78, 5) is 0. The summed E-state index contributed by atoms with van der Waals surface area (Å²) in [7, 11) is 0. The Morgan fingerprint density at radius 3 is 2.78 bits per heavy atom. The van der Waals surface area contributed by atoms with Gasteiger partial charge >= 0.3 is 0 Å². The minimum Gasteiger partial charge on any atom is -0.311 e. The van der Waals surface area contributed by atoms with Crippen molar-refractivity contribution in [2.75, 3.05) is 6.54 Å². The van der Waals surface area contributed by atoms with E-state index in [-0.39, 0.29) is 0 Å². The molecule has 1 atom stereocenters. The largest absolute Gasteiger partial charge is 0.311 e. The van der Waals surface area contributed by atoms with E-state index in [4.69, 9.17) is 0 Å². The molecule has 0 aliphatic heterocycles. The van der Waals surface area contributed by atoms with Crippen LogP contribution in [-0.2, 0) is 0 Å². The Balaban J connectivity index is 3.35. The first-order chi connectivity index (χ1) is 4.31. The quantitative estimate of drug-likeness (QED) is 0.564. The summed E-state index contributed by atoms with van der Waals surface area (Å²) in [5, 5.41) is 3.25. The van der Waals surface area contributed by atoms with Gasteiger partial charge in [-0.15, -0.1) is 0 Å². The molecule has 0 fully saturated rings. The predicted molar refractivity (Wildman–Crippen MR) is 42.5 cm³/mol. The zero-order valence-electron chi connectivity index (χ0n) is 6.22. The molecule has 1 unspecified atom stereocenters. The van der Waals surface area contributed by atoms with E-state index in [1.165, 1.54) is 0 Å². The average molecular weight is 125 g/mol. The van der Waals surface area contributed by atoms with Crippen molar-refractivity contribution in [2.45, 2.75) is 19.9 Å². The van der Waals surface area contributed by atoms with Crippen molar-refractivity contribution < 1.29 is 0 Å². The molecule has 0 aromatic rings. The highest BCUT2D eigenvalue weighted by atomic mass is 14.9. The summed E-state index contributed by atoms with van der Waals surface area (Å²) in [6.07, 6.45) is 5.82. The van der Waals surface area contributed by atoms with Crippen molar-refractivity contribution in [2.24, 2.45) is 0 Å². The van der Waals surface area contributed by atoms with Crippen LogP contribution in [0.5, 0.6) is 0 Å². The lowest BCUT2D eigenvalue weighted by Gasteiger charge is -2.04. The first kappa shape index (κ1) is 8.44. The monoisotopic (exact) mass is 125 g/mol. The molecule has 0 aliphatic rings. The molecule has 0 amide bonds. The van der Waals surface area contributed by atoms with Gasteiger partial charge in [0.25, 0.3) is 0 Å². The highest BCUT2D eigenvalue weighted by Crippen LogP contribution is 1.83. The molecule has 1 nitrogen and oxygen atoms in total. The molecular formula is C8H15N. The number of rotatable bonds is 4. The Labute approximate surface area is 57.5 Å². The lowest BCUT2D eigenvalue weighted by molar-refractivity contribution is 0.661. The third-order valence-electron chi connectivity index (χ3n) is 1.06. The van der Waals surface area contributed by atoms with Crippen LogP contribution in [0, 0.1) is 0 Å². The Morgan fingerprint density at radius 1 is 1.67 bits per heavy atom. The van der Waals surface area contributed by atoms with Crippen LogP contribution in [0.25, 0.3) is 0 Å². The highest BCUT2D eigenvalue weighted by Gasteiger charge is 1.88. The molecule has 52 valence electrons. The van der Waals surface area contributed by atoms with Crippen molar-refractivity contribution in [3.63, 3.8) is 0 Å². The third-order valence-corrected chi connectivity index (χ3v) is 1.06. The van der Waals surface area contributed by atoms with Gasteiger partial charge in [0.2, 0.25) is 0 Å². The average Bonchev–Trinajstić information content (AvgIpc) is 1.85. The van der Waals surface area contributed by atoms with Gasteiger partial charge in [0.05, 0.1) is 0 Å². The van der Waals surface area contributed by atoms with Crippen LogP contribution in [0.4, 0.5) is 0 Å².